The normalized spacial score (nSPS) is 12.7. The van der Waals surface area contributed by atoms with Gasteiger partial charge in [-0.3, -0.25) is 33.0 Å². The maximum atomic E-state index is 14.8. The first-order valence-electron chi connectivity index (χ1n) is 27.3. The molecule has 6 aromatic rings. The standard InChI is InChI=1S/C62H69FN5O14P/c63-55-35-32-51(40-65-55)59(72)64-38-18-6-17-31-56(69)67-53(61(74)79-43-48-24-11-3-12-25-48)33-36-57(70)66-52(60(73)78-42-47-22-9-2-10-23-47)30-19-39-81-83(76,82-45-50-28-15-5-16-29-50)68-54(62(75)80-44-49-26-13-4-14-27-49)34-37-58(71)77-41-46-20-7-1-8-21-46/h1-5,7-16,20-29,32,35,40,52-54H,6,17-19,30-31,33-34,36-39,41-45H2,(H,64,72)(H,66,70)(H,67,69)(H,68,76). The van der Waals surface area contributed by atoms with Gasteiger partial charge in [0.1, 0.15) is 44.6 Å². The second kappa shape index (κ2) is 35.4. The van der Waals surface area contributed by atoms with Gasteiger partial charge in [0.25, 0.3) is 5.91 Å². The third-order valence-corrected chi connectivity index (χ3v) is 14.2. The minimum atomic E-state index is -4.49. The molecule has 0 bridgehead atoms. The lowest BCUT2D eigenvalue weighted by Crippen LogP contribution is -2.45. The van der Waals surface area contributed by atoms with Crippen molar-refractivity contribution in [3.63, 3.8) is 0 Å². The number of nitrogens with one attached hydrogen (secondary N) is 4. The van der Waals surface area contributed by atoms with Gasteiger partial charge in [0.05, 0.1) is 18.8 Å². The molecular formula is C62H69FN5O14P. The molecule has 6 rings (SSSR count). The van der Waals surface area contributed by atoms with Gasteiger partial charge >= 0.3 is 31.6 Å². The Morgan fingerprint density at radius 2 is 0.904 bits per heavy atom. The fraction of sp³-hybridized carbons (Fsp3) is 0.323. The SMILES string of the molecule is O=C(CCC(NC(=O)CCCCCNC(=O)c1ccc(F)nc1)C(=O)OCc1ccccc1)NC(CCCOP(=O)(NC(CCC(=O)OCc1ccccc1)C(=O)OCc1ccccc1)OCc1ccccc1)C(=O)OCc1ccccc1. The van der Waals surface area contributed by atoms with E-state index in [0.717, 1.165) is 17.8 Å². The molecule has 0 radical (unpaired) electrons. The van der Waals surface area contributed by atoms with Gasteiger partial charge in [-0.1, -0.05) is 158 Å². The van der Waals surface area contributed by atoms with E-state index in [1.807, 2.05) is 24.3 Å². The number of esters is 4. The van der Waals surface area contributed by atoms with Crippen LogP contribution in [0.5, 0.6) is 0 Å². The second-order valence-electron chi connectivity index (χ2n) is 19.1. The lowest BCUT2D eigenvalue weighted by molar-refractivity contribution is -0.150. The van der Waals surface area contributed by atoms with Crippen LogP contribution in [0.1, 0.15) is 102 Å². The summed E-state index contributed by atoms with van der Waals surface area (Å²) in [4.78, 5) is 97.0. The first-order chi connectivity index (χ1) is 40.3. The fourth-order valence-corrected chi connectivity index (χ4v) is 9.54. The number of ether oxygens (including phenoxy) is 4. The molecule has 0 saturated heterocycles. The van der Waals surface area contributed by atoms with Gasteiger partial charge in [-0.15, -0.1) is 0 Å². The maximum Gasteiger partial charge on any atom is 0.406 e. The van der Waals surface area contributed by atoms with Gasteiger partial charge in [0.2, 0.25) is 17.8 Å². The molecule has 0 spiro atoms. The molecule has 4 N–H and O–H groups in total. The number of hydrogen-bond acceptors (Lipinski definition) is 15. The smallest absolute Gasteiger partial charge is 0.406 e. The van der Waals surface area contributed by atoms with E-state index in [2.05, 4.69) is 26.0 Å². The Hall–Kier alpha value is -8.42. The summed E-state index contributed by atoms with van der Waals surface area (Å²) in [5.41, 5.74) is 3.64. The van der Waals surface area contributed by atoms with Crippen LogP contribution in [0.25, 0.3) is 0 Å². The number of benzene rings is 5. The number of pyridine rings is 1. The van der Waals surface area contributed by atoms with E-state index in [9.17, 15) is 42.5 Å². The first kappa shape index (κ1) is 63.8. The molecule has 0 saturated carbocycles. The van der Waals surface area contributed by atoms with Crippen LogP contribution in [0.4, 0.5) is 4.39 Å². The van der Waals surface area contributed by atoms with Crippen molar-refractivity contribution in [1.29, 1.82) is 0 Å². The molecule has 0 aliphatic carbocycles. The summed E-state index contributed by atoms with van der Waals surface area (Å²) in [6.45, 7) is -0.621. The van der Waals surface area contributed by atoms with Crippen molar-refractivity contribution in [3.05, 3.63) is 209 Å². The monoisotopic (exact) mass is 1160 g/mol. The average molecular weight is 1160 g/mol. The van der Waals surface area contributed by atoms with Gasteiger partial charge in [0, 0.05) is 32.0 Å². The average Bonchev–Trinajstić information content (AvgIpc) is 3.51. The summed E-state index contributed by atoms with van der Waals surface area (Å²) >= 11 is 0. The Bertz CT molecular complexity index is 3010. The highest BCUT2D eigenvalue weighted by Crippen LogP contribution is 2.46. The van der Waals surface area contributed by atoms with Crippen LogP contribution < -0.4 is 21.0 Å². The van der Waals surface area contributed by atoms with Crippen LogP contribution in [-0.2, 0) is 94.4 Å². The number of hydrogen-bond donors (Lipinski definition) is 4. The summed E-state index contributed by atoms with van der Waals surface area (Å²) in [6, 6.07) is 43.0. The summed E-state index contributed by atoms with van der Waals surface area (Å²) < 4.78 is 62.2. The number of carbonyl (C=O) groups is 7. The molecule has 5 aromatic carbocycles. The first-order valence-corrected chi connectivity index (χ1v) is 28.9. The molecule has 19 nitrogen and oxygen atoms in total. The molecule has 21 heteroatoms. The summed E-state index contributed by atoms with van der Waals surface area (Å²) in [5.74, 6) is -5.32. The number of rotatable bonds is 36. The zero-order valence-electron chi connectivity index (χ0n) is 45.9. The number of halogens is 1. The van der Waals surface area contributed by atoms with E-state index in [4.69, 9.17) is 28.0 Å². The summed E-state index contributed by atoms with van der Waals surface area (Å²) in [5, 5.41) is 10.8. The van der Waals surface area contributed by atoms with Crippen LogP contribution in [-0.4, -0.2) is 77.9 Å². The largest absolute Gasteiger partial charge is 0.461 e. The Labute approximate surface area is 481 Å². The van der Waals surface area contributed by atoms with Crippen molar-refractivity contribution in [2.45, 2.75) is 115 Å². The summed E-state index contributed by atoms with van der Waals surface area (Å²) in [7, 11) is -4.49. The number of aromatic nitrogens is 1. The van der Waals surface area contributed by atoms with Crippen molar-refractivity contribution in [2.24, 2.45) is 0 Å². The quantitative estimate of drug-likeness (QED) is 0.00941. The molecule has 0 aliphatic heterocycles. The lowest BCUT2D eigenvalue weighted by Gasteiger charge is -2.25. The molecule has 1 aromatic heterocycles. The van der Waals surface area contributed by atoms with Crippen LogP contribution >= 0.6 is 7.75 Å². The molecule has 0 aliphatic rings. The van der Waals surface area contributed by atoms with E-state index >= 15 is 0 Å². The van der Waals surface area contributed by atoms with Crippen LogP contribution in [0, 0.1) is 5.95 Å². The molecule has 0 fully saturated rings. The Kier molecular flexibility index (Phi) is 27.2. The fourth-order valence-electron chi connectivity index (χ4n) is 8.01. The molecule has 4 unspecified atom stereocenters. The summed E-state index contributed by atoms with van der Waals surface area (Å²) in [6.07, 6.45) is 1.44. The van der Waals surface area contributed by atoms with Gasteiger partial charge in [-0.2, -0.15) is 4.39 Å². The van der Waals surface area contributed by atoms with Crippen molar-refractivity contribution in [2.75, 3.05) is 13.2 Å². The van der Waals surface area contributed by atoms with Crippen molar-refractivity contribution in [3.8, 4) is 0 Å². The van der Waals surface area contributed by atoms with Crippen LogP contribution in [0.3, 0.4) is 0 Å². The number of unbranched alkanes of at least 4 members (excludes halogenated alkanes) is 2. The van der Waals surface area contributed by atoms with E-state index < -0.39 is 73.4 Å². The predicted octanol–water partition coefficient (Wildman–Crippen LogP) is 9.09. The highest BCUT2D eigenvalue weighted by Gasteiger charge is 2.35. The third-order valence-electron chi connectivity index (χ3n) is 12.5. The predicted molar refractivity (Wildman–Crippen MR) is 303 cm³/mol. The zero-order valence-corrected chi connectivity index (χ0v) is 46.8. The van der Waals surface area contributed by atoms with Crippen molar-refractivity contribution in [1.82, 2.24) is 26.0 Å². The number of amides is 3. The Morgan fingerprint density at radius 3 is 1.40 bits per heavy atom. The van der Waals surface area contributed by atoms with Gasteiger partial charge in [-0.05, 0) is 78.5 Å². The zero-order chi connectivity index (χ0) is 58.9. The van der Waals surface area contributed by atoms with Crippen molar-refractivity contribution < 1.29 is 70.5 Å². The van der Waals surface area contributed by atoms with Crippen LogP contribution in [0.15, 0.2) is 170 Å². The van der Waals surface area contributed by atoms with E-state index in [1.165, 1.54) is 6.07 Å². The minimum absolute atomic E-state index is 0.00317. The minimum Gasteiger partial charge on any atom is -0.461 e. The Morgan fingerprint density at radius 1 is 0.458 bits per heavy atom. The number of nitrogens with zero attached hydrogens (tertiary/aromatic N) is 1. The van der Waals surface area contributed by atoms with Crippen molar-refractivity contribution >= 4 is 49.3 Å². The lowest BCUT2D eigenvalue weighted by atomic mass is 10.1. The second-order valence-corrected chi connectivity index (χ2v) is 20.9. The van der Waals surface area contributed by atoms with Gasteiger partial charge in [-0.25, -0.2) is 24.2 Å². The van der Waals surface area contributed by atoms with Gasteiger partial charge in [0.15, 0.2) is 0 Å². The molecule has 3 amide bonds. The third kappa shape index (κ3) is 24.7. The molecule has 4 atom stereocenters. The van der Waals surface area contributed by atoms with E-state index in [0.29, 0.717) is 48.1 Å². The molecule has 1 heterocycles. The molecule has 83 heavy (non-hydrogen) atoms. The van der Waals surface area contributed by atoms with E-state index in [-0.39, 0.29) is 90.2 Å². The van der Waals surface area contributed by atoms with Crippen LogP contribution in [0.2, 0.25) is 0 Å². The van der Waals surface area contributed by atoms with Gasteiger partial charge < -0.3 is 34.9 Å². The molecule has 438 valence electrons. The Balaban J connectivity index is 1.09. The highest BCUT2D eigenvalue weighted by molar-refractivity contribution is 7.51. The molecular weight excluding hydrogens is 1090 g/mol. The maximum absolute atomic E-state index is 14.8. The van der Waals surface area contributed by atoms with E-state index in [1.54, 1.807) is 127 Å². The highest BCUT2D eigenvalue weighted by atomic mass is 31.2. The topological polar surface area (TPSA) is 253 Å². The number of carbonyl (C=O) groups excluding carboxylic acids is 7.